The van der Waals surface area contributed by atoms with Crippen LogP contribution >= 0.6 is 0 Å². The number of amides is 1. The van der Waals surface area contributed by atoms with Gasteiger partial charge in [0.25, 0.3) is 0 Å². The van der Waals surface area contributed by atoms with E-state index in [-0.39, 0.29) is 12.5 Å². The van der Waals surface area contributed by atoms with Crippen LogP contribution in [-0.2, 0) is 11.3 Å². The van der Waals surface area contributed by atoms with Gasteiger partial charge in [-0.15, -0.1) is 10.2 Å². The van der Waals surface area contributed by atoms with Gasteiger partial charge in [-0.1, -0.05) is 30.3 Å². The van der Waals surface area contributed by atoms with Gasteiger partial charge in [0.1, 0.15) is 6.54 Å². The molecule has 0 unspecified atom stereocenters. The number of benzene rings is 1. The minimum absolute atomic E-state index is 0.0797. The molecule has 0 spiro atoms. The van der Waals surface area contributed by atoms with E-state index in [2.05, 4.69) is 20.7 Å². The summed E-state index contributed by atoms with van der Waals surface area (Å²) in [5, 5.41) is 16.0. The molecule has 1 aromatic heterocycles. The third kappa shape index (κ3) is 3.17. The molecular weight excluding hydrogens is 304 g/mol. The van der Waals surface area contributed by atoms with E-state index >= 15 is 0 Å². The normalized spacial score (nSPS) is 23.8. The van der Waals surface area contributed by atoms with Gasteiger partial charge in [0.2, 0.25) is 11.7 Å². The van der Waals surface area contributed by atoms with Crippen molar-refractivity contribution in [3.8, 4) is 11.4 Å². The largest absolute Gasteiger partial charge is 0.341 e. The fourth-order valence-corrected chi connectivity index (χ4v) is 3.71. The molecule has 0 saturated carbocycles. The molecule has 2 aliphatic rings. The van der Waals surface area contributed by atoms with Crippen LogP contribution in [0.3, 0.4) is 0 Å². The van der Waals surface area contributed by atoms with Crippen molar-refractivity contribution in [2.75, 3.05) is 19.6 Å². The van der Waals surface area contributed by atoms with Gasteiger partial charge in [-0.3, -0.25) is 4.79 Å². The van der Waals surface area contributed by atoms with Crippen LogP contribution in [0.5, 0.6) is 0 Å². The van der Waals surface area contributed by atoms with E-state index in [9.17, 15) is 4.79 Å². The topological polar surface area (TPSA) is 75.9 Å². The first-order valence-corrected chi connectivity index (χ1v) is 8.64. The number of hydrogen-bond donors (Lipinski definition) is 1. The lowest BCUT2D eigenvalue weighted by atomic mass is 9.85. The van der Waals surface area contributed by atoms with Crippen LogP contribution in [0.4, 0.5) is 0 Å². The third-order valence-corrected chi connectivity index (χ3v) is 5.01. The molecule has 0 bridgehead atoms. The van der Waals surface area contributed by atoms with Crippen molar-refractivity contribution < 1.29 is 4.79 Å². The van der Waals surface area contributed by atoms with Gasteiger partial charge in [0, 0.05) is 24.7 Å². The average molecular weight is 326 g/mol. The maximum absolute atomic E-state index is 12.6. The Morgan fingerprint density at radius 2 is 2.12 bits per heavy atom. The molecule has 2 aliphatic heterocycles. The number of carbonyl (C=O) groups is 1. The summed E-state index contributed by atoms with van der Waals surface area (Å²) < 4.78 is 0. The maximum atomic E-state index is 12.6. The molecule has 1 N–H and O–H groups in total. The van der Waals surface area contributed by atoms with Gasteiger partial charge in [0.05, 0.1) is 0 Å². The predicted octanol–water partition coefficient (Wildman–Crippen LogP) is 0.941. The Kier molecular flexibility index (Phi) is 4.25. The van der Waals surface area contributed by atoms with Crippen LogP contribution in [-0.4, -0.2) is 56.7 Å². The number of nitrogens with zero attached hydrogens (tertiary/aromatic N) is 5. The van der Waals surface area contributed by atoms with Crippen molar-refractivity contribution in [3.05, 3.63) is 30.3 Å². The quantitative estimate of drug-likeness (QED) is 0.908. The zero-order chi connectivity index (χ0) is 16.4. The second-order valence-electron chi connectivity index (χ2n) is 6.60. The first-order chi connectivity index (χ1) is 11.8. The molecule has 0 aliphatic carbocycles. The number of likely N-dealkylation sites (tertiary alicyclic amines) is 1. The van der Waals surface area contributed by atoms with Crippen LogP contribution in [0, 0.1) is 5.92 Å². The second-order valence-corrected chi connectivity index (χ2v) is 6.60. The van der Waals surface area contributed by atoms with Crippen molar-refractivity contribution in [1.82, 2.24) is 30.4 Å². The monoisotopic (exact) mass is 326 g/mol. The fraction of sp³-hybridized carbons (Fsp3) is 0.529. The summed E-state index contributed by atoms with van der Waals surface area (Å²) >= 11 is 0. The molecule has 3 heterocycles. The molecule has 2 aromatic rings. The molecule has 1 aromatic carbocycles. The number of tetrazole rings is 1. The van der Waals surface area contributed by atoms with Crippen LogP contribution < -0.4 is 5.32 Å². The van der Waals surface area contributed by atoms with Gasteiger partial charge in [-0.05, 0) is 36.9 Å². The summed E-state index contributed by atoms with van der Waals surface area (Å²) in [6.45, 7) is 2.93. The Balaban J connectivity index is 1.39. The molecule has 7 nitrogen and oxygen atoms in total. The molecule has 4 rings (SSSR count). The lowest BCUT2D eigenvalue weighted by Gasteiger charge is -2.41. The van der Waals surface area contributed by atoms with E-state index in [1.807, 2.05) is 35.2 Å². The van der Waals surface area contributed by atoms with E-state index < -0.39 is 0 Å². The molecule has 1 amide bonds. The van der Waals surface area contributed by atoms with Crippen molar-refractivity contribution in [2.24, 2.45) is 5.92 Å². The number of aromatic nitrogens is 4. The van der Waals surface area contributed by atoms with E-state index in [1.165, 1.54) is 17.6 Å². The smallest absolute Gasteiger partial charge is 0.246 e. The van der Waals surface area contributed by atoms with Gasteiger partial charge >= 0.3 is 0 Å². The Hall–Kier alpha value is -2.28. The molecule has 2 atom stereocenters. The highest BCUT2D eigenvalue weighted by atomic mass is 16.2. The number of nitrogens with one attached hydrogen (secondary N) is 1. The zero-order valence-corrected chi connectivity index (χ0v) is 13.6. The summed E-state index contributed by atoms with van der Waals surface area (Å²) in [6.07, 6.45) is 3.45. The van der Waals surface area contributed by atoms with Crippen LogP contribution in [0.1, 0.15) is 19.3 Å². The molecule has 0 radical (unpaired) electrons. The summed E-state index contributed by atoms with van der Waals surface area (Å²) in [5.74, 6) is 1.22. The maximum Gasteiger partial charge on any atom is 0.246 e. The number of carbonyl (C=O) groups excluding carboxylic acids is 1. The van der Waals surface area contributed by atoms with Crippen molar-refractivity contribution in [3.63, 3.8) is 0 Å². The number of rotatable bonds is 3. The van der Waals surface area contributed by atoms with Gasteiger partial charge in [-0.25, -0.2) is 0 Å². The Morgan fingerprint density at radius 1 is 1.25 bits per heavy atom. The first-order valence-electron chi connectivity index (χ1n) is 8.64. The van der Waals surface area contributed by atoms with Crippen molar-refractivity contribution in [1.29, 1.82) is 0 Å². The summed E-state index contributed by atoms with van der Waals surface area (Å²) in [4.78, 5) is 15.9. The Morgan fingerprint density at radius 3 is 3.00 bits per heavy atom. The molecule has 2 saturated heterocycles. The third-order valence-electron chi connectivity index (χ3n) is 5.01. The highest BCUT2D eigenvalue weighted by molar-refractivity contribution is 5.76. The zero-order valence-electron chi connectivity index (χ0n) is 13.6. The van der Waals surface area contributed by atoms with E-state index in [0.29, 0.717) is 17.8 Å². The minimum Gasteiger partial charge on any atom is -0.341 e. The number of fused-ring (bicyclic) bond motifs is 1. The van der Waals surface area contributed by atoms with Crippen molar-refractivity contribution in [2.45, 2.75) is 31.8 Å². The van der Waals surface area contributed by atoms with Crippen LogP contribution in [0.15, 0.2) is 30.3 Å². The van der Waals surface area contributed by atoms with E-state index in [1.54, 1.807) is 0 Å². The first kappa shape index (κ1) is 15.3. The van der Waals surface area contributed by atoms with Crippen molar-refractivity contribution >= 4 is 5.91 Å². The fourth-order valence-electron chi connectivity index (χ4n) is 3.71. The lowest BCUT2D eigenvalue weighted by Crippen LogP contribution is -2.54. The molecule has 24 heavy (non-hydrogen) atoms. The summed E-state index contributed by atoms with van der Waals surface area (Å²) in [5.41, 5.74) is 0.908. The SMILES string of the molecule is O=C(Cn1nnc(-c2ccccc2)n1)N1CC[C@@H]2NCCC[C@@H]2C1. The average Bonchev–Trinajstić information content (AvgIpc) is 3.10. The standard InChI is InChI=1S/C17H22N6O/c24-16(22-10-8-15-14(11-22)7-4-9-18-15)12-23-20-17(19-21-23)13-5-2-1-3-6-13/h1-3,5-6,14-15,18H,4,7-12H2/t14-,15+/m1/s1. The minimum atomic E-state index is 0.0797. The molecule has 2 fully saturated rings. The summed E-state index contributed by atoms with van der Waals surface area (Å²) in [6, 6.07) is 10.3. The van der Waals surface area contributed by atoms with E-state index in [4.69, 9.17) is 0 Å². The van der Waals surface area contributed by atoms with Crippen LogP contribution in [0.25, 0.3) is 11.4 Å². The molecule has 126 valence electrons. The van der Waals surface area contributed by atoms with Gasteiger partial charge in [0.15, 0.2) is 0 Å². The Bertz CT molecular complexity index is 700. The second kappa shape index (κ2) is 6.68. The highest BCUT2D eigenvalue weighted by Crippen LogP contribution is 2.25. The Labute approximate surface area is 141 Å². The van der Waals surface area contributed by atoms with Gasteiger partial charge < -0.3 is 10.2 Å². The summed E-state index contributed by atoms with van der Waals surface area (Å²) in [7, 11) is 0. The molecular formula is C17H22N6O. The molecule has 7 heteroatoms. The number of piperidine rings is 2. The predicted molar refractivity (Wildman–Crippen MR) is 89.0 cm³/mol. The number of hydrogen-bond acceptors (Lipinski definition) is 5. The van der Waals surface area contributed by atoms with Crippen LogP contribution in [0.2, 0.25) is 0 Å². The highest BCUT2D eigenvalue weighted by Gasteiger charge is 2.32. The van der Waals surface area contributed by atoms with Gasteiger partial charge in [-0.2, -0.15) is 4.80 Å². The van der Waals surface area contributed by atoms with E-state index in [0.717, 1.165) is 31.6 Å². The lowest BCUT2D eigenvalue weighted by molar-refractivity contribution is -0.134.